The molecule has 3 aromatic carbocycles. The molecule has 6 nitrogen and oxygen atoms in total. The summed E-state index contributed by atoms with van der Waals surface area (Å²) in [6.45, 7) is 3.82. The van der Waals surface area contributed by atoms with Crippen LogP contribution < -0.4 is 0 Å². The number of fused-ring (bicyclic) bond motifs is 2. The Morgan fingerprint density at radius 3 is 1.31 bits per heavy atom. The Hall–Kier alpha value is -5.10. The second kappa shape index (κ2) is 10.4. The van der Waals surface area contributed by atoms with E-state index < -0.39 is 0 Å². The summed E-state index contributed by atoms with van der Waals surface area (Å²) in [6, 6.07) is 28.0. The van der Waals surface area contributed by atoms with Gasteiger partial charge >= 0.3 is 0 Å². The van der Waals surface area contributed by atoms with E-state index in [2.05, 4.69) is 0 Å². The Bertz CT molecular complexity index is 1770. The fraction of sp³-hybridized carbons (Fsp3) is 0.167. The lowest BCUT2D eigenvalue weighted by atomic mass is 9.88. The minimum atomic E-state index is 0.0529. The van der Waals surface area contributed by atoms with Crippen LogP contribution in [0.1, 0.15) is 67.5 Å². The molecule has 0 unspecified atom stereocenters. The number of rotatable bonds is 4. The maximum Gasteiger partial charge on any atom is 0.192 e. The van der Waals surface area contributed by atoms with Crippen LogP contribution in [0.2, 0.25) is 0 Å². The minimum Gasteiger partial charge on any atom is -0.289 e. The molecule has 0 atom stereocenters. The Morgan fingerprint density at radius 2 is 0.929 bits per heavy atom. The first-order chi connectivity index (χ1) is 20.5. The van der Waals surface area contributed by atoms with Gasteiger partial charge in [-0.25, -0.2) is 9.36 Å². The molecule has 0 saturated carbocycles. The van der Waals surface area contributed by atoms with E-state index in [1.807, 2.05) is 120 Å². The van der Waals surface area contributed by atoms with Crippen molar-refractivity contribution in [2.45, 2.75) is 39.5 Å². The number of allylic oxidation sites excluding steroid dienone is 2. The fourth-order valence-electron chi connectivity index (χ4n) is 6.19. The first-order valence-corrected chi connectivity index (χ1v) is 14.4. The Labute approximate surface area is 244 Å². The van der Waals surface area contributed by atoms with Crippen molar-refractivity contribution in [2.24, 2.45) is 0 Å². The highest BCUT2D eigenvalue weighted by molar-refractivity contribution is 6.14. The van der Waals surface area contributed by atoms with Gasteiger partial charge in [-0.05, 0) is 87.1 Å². The molecule has 6 heteroatoms. The van der Waals surface area contributed by atoms with Crippen LogP contribution in [0.3, 0.4) is 0 Å². The standard InChI is InChI=1S/C36H30N4O2/c1-23-33-31(39(37-23)29-9-5-3-6-10-29)19-17-27(35(33)41)21-25-13-15-26(16-14-25)22-28-18-20-32-34(36(28)42)24(2)38-40(32)30-11-7-4-8-12-30/h3-16,21-22H,17-20H2,1-2H3/b27-21-,28-22+. The number of hydrogen-bond acceptors (Lipinski definition) is 4. The van der Waals surface area contributed by atoms with E-state index in [-0.39, 0.29) is 11.6 Å². The van der Waals surface area contributed by atoms with E-state index in [9.17, 15) is 9.59 Å². The molecule has 0 N–H and O–H groups in total. The molecule has 5 aromatic rings. The minimum absolute atomic E-state index is 0.0529. The summed E-state index contributed by atoms with van der Waals surface area (Å²) in [5.41, 5.74) is 10.4. The Kier molecular flexibility index (Phi) is 6.39. The lowest BCUT2D eigenvalue weighted by Gasteiger charge is -2.17. The number of nitrogens with zero attached hydrogens (tertiary/aromatic N) is 4. The van der Waals surface area contributed by atoms with Crippen molar-refractivity contribution in [1.29, 1.82) is 0 Å². The highest BCUT2D eigenvalue weighted by Crippen LogP contribution is 2.32. The molecule has 0 aliphatic heterocycles. The van der Waals surface area contributed by atoms with E-state index in [4.69, 9.17) is 10.2 Å². The van der Waals surface area contributed by atoms with Crippen LogP contribution >= 0.6 is 0 Å². The molecule has 0 amide bonds. The van der Waals surface area contributed by atoms with Gasteiger partial charge in [0.05, 0.1) is 45.3 Å². The summed E-state index contributed by atoms with van der Waals surface area (Å²) < 4.78 is 3.82. The first kappa shape index (κ1) is 25.8. The smallest absolute Gasteiger partial charge is 0.192 e. The van der Waals surface area contributed by atoms with Crippen molar-refractivity contribution < 1.29 is 9.59 Å². The van der Waals surface area contributed by atoms with Gasteiger partial charge in [0.2, 0.25) is 0 Å². The van der Waals surface area contributed by atoms with Crippen molar-refractivity contribution in [3.8, 4) is 11.4 Å². The molecule has 2 aromatic heterocycles. The molecule has 0 radical (unpaired) electrons. The van der Waals surface area contributed by atoms with Crippen LogP contribution in [0.5, 0.6) is 0 Å². The van der Waals surface area contributed by atoms with Crippen LogP contribution in [0.25, 0.3) is 23.5 Å². The molecule has 206 valence electrons. The van der Waals surface area contributed by atoms with Gasteiger partial charge in [0, 0.05) is 11.1 Å². The third kappa shape index (κ3) is 4.45. The van der Waals surface area contributed by atoms with E-state index in [0.29, 0.717) is 12.8 Å². The summed E-state index contributed by atoms with van der Waals surface area (Å²) in [5, 5.41) is 9.39. The average molecular weight is 551 g/mol. The maximum absolute atomic E-state index is 13.5. The lowest BCUT2D eigenvalue weighted by molar-refractivity contribution is 0.101. The number of Topliss-reactive ketones (excluding diaryl/α,β-unsaturated/α-hetero) is 2. The normalized spacial score (nSPS) is 16.6. The van der Waals surface area contributed by atoms with Crippen molar-refractivity contribution in [2.75, 3.05) is 0 Å². The molecular formula is C36H30N4O2. The second-order valence-corrected chi connectivity index (χ2v) is 11.0. The zero-order chi connectivity index (χ0) is 28.8. The molecule has 0 saturated heterocycles. The number of aromatic nitrogens is 4. The molecule has 0 spiro atoms. The van der Waals surface area contributed by atoms with Gasteiger partial charge in [-0.2, -0.15) is 10.2 Å². The molecule has 7 rings (SSSR count). The lowest BCUT2D eigenvalue weighted by Crippen LogP contribution is -2.16. The van der Waals surface area contributed by atoms with Gasteiger partial charge < -0.3 is 0 Å². The molecule has 2 aliphatic rings. The van der Waals surface area contributed by atoms with Crippen molar-refractivity contribution in [1.82, 2.24) is 19.6 Å². The molecule has 42 heavy (non-hydrogen) atoms. The van der Waals surface area contributed by atoms with E-state index in [0.717, 1.165) is 80.4 Å². The third-order valence-electron chi connectivity index (χ3n) is 8.23. The maximum atomic E-state index is 13.5. The summed E-state index contributed by atoms with van der Waals surface area (Å²) in [5.74, 6) is 0.106. The van der Waals surface area contributed by atoms with E-state index >= 15 is 0 Å². The SMILES string of the molecule is Cc1nn(-c2ccccc2)c2c1C(=O)/C(=C\c1ccc(/C=C3\CCc4c(c(C)nn4-c4ccccc4)C3=O)cc1)CC2. The highest BCUT2D eigenvalue weighted by atomic mass is 16.1. The predicted molar refractivity (Wildman–Crippen MR) is 164 cm³/mol. The number of carbonyl (C=O) groups excluding carboxylic acids is 2. The number of benzene rings is 3. The van der Waals surface area contributed by atoms with Gasteiger partial charge in [-0.1, -0.05) is 60.7 Å². The summed E-state index contributed by atoms with van der Waals surface area (Å²) >= 11 is 0. The molecule has 0 fully saturated rings. The van der Waals surface area contributed by atoms with Crippen LogP contribution in [0.4, 0.5) is 0 Å². The molecule has 2 heterocycles. The van der Waals surface area contributed by atoms with Crippen LogP contribution in [0, 0.1) is 13.8 Å². The summed E-state index contributed by atoms with van der Waals surface area (Å²) in [4.78, 5) is 27.0. The van der Waals surface area contributed by atoms with Crippen molar-refractivity contribution in [3.63, 3.8) is 0 Å². The van der Waals surface area contributed by atoms with Crippen molar-refractivity contribution in [3.05, 3.63) is 141 Å². The van der Waals surface area contributed by atoms with Crippen LogP contribution in [-0.2, 0) is 12.8 Å². The molecule has 0 bridgehead atoms. The largest absolute Gasteiger partial charge is 0.289 e. The Morgan fingerprint density at radius 1 is 0.548 bits per heavy atom. The fourth-order valence-corrected chi connectivity index (χ4v) is 6.19. The number of carbonyl (C=O) groups is 2. The van der Waals surface area contributed by atoms with Crippen LogP contribution in [0.15, 0.2) is 96.1 Å². The predicted octanol–water partition coefficient (Wildman–Crippen LogP) is 7.10. The van der Waals surface area contributed by atoms with Crippen LogP contribution in [-0.4, -0.2) is 31.1 Å². The summed E-state index contributed by atoms with van der Waals surface area (Å²) in [7, 11) is 0. The number of hydrogen-bond donors (Lipinski definition) is 0. The number of para-hydroxylation sites is 2. The van der Waals surface area contributed by atoms with E-state index in [1.54, 1.807) is 0 Å². The zero-order valence-electron chi connectivity index (χ0n) is 23.7. The van der Waals surface area contributed by atoms with Gasteiger partial charge in [0.15, 0.2) is 11.6 Å². The van der Waals surface area contributed by atoms with Crippen molar-refractivity contribution >= 4 is 23.7 Å². The quantitative estimate of drug-likeness (QED) is 0.224. The number of aryl methyl sites for hydroxylation is 2. The monoisotopic (exact) mass is 550 g/mol. The molecule has 2 aliphatic carbocycles. The van der Waals surface area contributed by atoms with Gasteiger partial charge in [-0.15, -0.1) is 0 Å². The topological polar surface area (TPSA) is 69.8 Å². The zero-order valence-corrected chi connectivity index (χ0v) is 23.7. The van der Waals surface area contributed by atoms with Gasteiger partial charge in [-0.3, -0.25) is 9.59 Å². The Balaban J connectivity index is 1.12. The van der Waals surface area contributed by atoms with E-state index in [1.165, 1.54) is 0 Å². The average Bonchev–Trinajstić information content (AvgIpc) is 3.55. The summed E-state index contributed by atoms with van der Waals surface area (Å²) in [6.07, 6.45) is 6.83. The highest BCUT2D eigenvalue weighted by Gasteiger charge is 2.30. The molecular weight excluding hydrogens is 520 g/mol. The van der Waals surface area contributed by atoms with Gasteiger partial charge in [0.25, 0.3) is 0 Å². The third-order valence-corrected chi connectivity index (χ3v) is 8.23. The first-order valence-electron chi connectivity index (χ1n) is 14.4. The van der Waals surface area contributed by atoms with Gasteiger partial charge in [0.1, 0.15) is 0 Å². The number of ketones is 2. The second-order valence-electron chi connectivity index (χ2n) is 11.0.